The van der Waals surface area contributed by atoms with Crippen LogP contribution in [0.3, 0.4) is 0 Å². The molecule has 0 bridgehead atoms. The smallest absolute Gasteiger partial charge is 0.410 e. The molecule has 6 aliphatic rings. The number of ether oxygens (including phenoxy) is 2. The van der Waals surface area contributed by atoms with E-state index in [-0.39, 0.29) is 34.7 Å². The molecule has 0 radical (unpaired) electrons. The van der Waals surface area contributed by atoms with Gasteiger partial charge in [0.1, 0.15) is 5.60 Å². The monoisotopic (exact) mass is 427 g/mol. The normalized spacial score (nSPS) is 48.7. The van der Waals surface area contributed by atoms with E-state index in [1.165, 1.54) is 5.57 Å². The summed E-state index contributed by atoms with van der Waals surface area (Å²) in [4.78, 5) is 14.8. The maximum Gasteiger partial charge on any atom is 0.410 e. The lowest BCUT2D eigenvalue weighted by atomic mass is 9.50. The SMILES string of the molecule is CC12CCC(O)CC1=CC=C1C2CCC2(C)C1CCC21CN(CC2CCCO2)C(=O)O1. The lowest BCUT2D eigenvalue weighted by molar-refractivity contribution is -0.0628. The van der Waals surface area contributed by atoms with Crippen molar-refractivity contribution in [1.29, 1.82) is 0 Å². The number of aliphatic hydroxyl groups is 1. The molecule has 5 heteroatoms. The second-order valence-corrected chi connectivity index (χ2v) is 11.7. The fraction of sp³-hybridized carbons (Fsp3) is 0.808. The highest BCUT2D eigenvalue weighted by Gasteiger charge is 2.67. The molecule has 1 spiro atoms. The molecule has 2 aliphatic heterocycles. The molecule has 1 N–H and O–H groups in total. The number of amides is 1. The summed E-state index contributed by atoms with van der Waals surface area (Å²) in [5.41, 5.74) is 2.89. The molecular formula is C26H37NO4. The van der Waals surface area contributed by atoms with Crippen molar-refractivity contribution in [3.05, 3.63) is 23.3 Å². The summed E-state index contributed by atoms with van der Waals surface area (Å²) in [6.45, 7) is 7.06. The van der Waals surface area contributed by atoms with Gasteiger partial charge in [-0.25, -0.2) is 4.79 Å². The van der Waals surface area contributed by atoms with Gasteiger partial charge in [-0.1, -0.05) is 37.1 Å². The number of carbonyl (C=O) groups excluding carboxylic acids is 1. The first kappa shape index (κ1) is 20.3. The Labute approximate surface area is 185 Å². The van der Waals surface area contributed by atoms with Gasteiger partial charge in [0.05, 0.1) is 25.3 Å². The molecule has 2 saturated heterocycles. The van der Waals surface area contributed by atoms with Crippen LogP contribution in [0.1, 0.15) is 71.6 Å². The molecule has 0 aromatic carbocycles. The molecule has 1 amide bonds. The zero-order valence-corrected chi connectivity index (χ0v) is 19.1. The van der Waals surface area contributed by atoms with Crippen LogP contribution in [0, 0.1) is 22.7 Å². The summed E-state index contributed by atoms with van der Waals surface area (Å²) >= 11 is 0. The number of rotatable bonds is 2. The Bertz CT molecular complexity index is 844. The van der Waals surface area contributed by atoms with Crippen molar-refractivity contribution in [2.24, 2.45) is 22.7 Å². The van der Waals surface area contributed by atoms with Crippen molar-refractivity contribution in [2.75, 3.05) is 19.7 Å². The first-order valence-corrected chi connectivity index (χ1v) is 12.5. The third kappa shape index (κ3) is 2.78. The van der Waals surface area contributed by atoms with E-state index < -0.39 is 0 Å². The van der Waals surface area contributed by atoms with Gasteiger partial charge in [0.15, 0.2) is 0 Å². The fourth-order valence-corrected chi connectivity index (χ4v) is 8.31. The van der Waals surface area contributed by atoms with Crippen molar-refractivity contribution >= 4 is 6.09 Å². The first-order chi connectivity index (χ1) is 14.8. The minimum absolute atomic E-state index is 0.00611. The molecule has 5 nitrogen and oxygen atoms in total. The predicted molar refractivity (Wildman–Crippen MR) is 117 cm³/mol. The molecule has 7 unspecified atom stereocenters. The predicted octanol–water partition coefficient (Wildman–Crippen LogP) is 4.60. The Morgan fingerprint density at radius 1 is 1.10 bits per heavy atom. The van der Waals surface area contributed by atoms with Gasteiger partial charge in [0.2, 0.25) is 0 Å². The minimum atomic E-state index is -0.354. The average molecular weight is 428 g/mol. The first-order valence-electron chi connectivity index (χ1n) is 12.5. The highest BCUT2D eigenvalue weighted by atomic mass is 16.6. The van der Waals surface area contributed by atoms with E-state index in [4.69, 9.17) is 9.47 Å². The van der Waals surface area contributed by atoms with E-state index in [1.807, 2.05) is 4.90 Å². The number of fused-ring (bicyclic) bond motifs is 6. The number of allylic oxidation sites excluding steroid dienone is 3. The number of carbonyl (C=O) groups is 1. The summed E-state index contributed by atoms with van der Waals surface area (Å²) in [5, 5.41) is 10.2. The van der Waals surface area contributed by atoms with Gasteiger partial charge < -0.3 is 19.5 Å². The molecule has 31 heavy (non-hydrogen) atoms. The lowest BCUT2D eigenvalue weighted by Gasteiger charge is -2.55. The van der Waals surface area contributed by atoms with Crippen molar-refractivity contribution in [2.45, 2.75) is 89.4 Å². The Balaban J connectivity index is 1.28. The molecule has 170 valence electrons. The van der Waals surface area contributed by atoms with Crippen LogP contribution in [0.25, 0.3) is 0 Å². The van der Waals surface area contributed by atoms with E-state index >= 15 is 0 Å². The molecule has 3 saturated carbocycles. The Morgan fingerprint density at radius 2 is 1.94 bits per heavy atom. The highest BCUT2D eigenvalue weighted by Crippen LogP contribution is 2.67. The molecule has 5 fully saturated rings. The highest BCUT2D eigenvalue weighted by molar-refractivity contribution is 5.71. The Morgan fingerprint density at radius 3 is 2.74 bits per heavy atom. The topological polar surface area (TPSA) is 59.0 Å². The van der Waals surface area contributed by atoms with E-state index in [2.05, 4.69) is 26.0 Å². The van der Waals surface area contributed by atoms with Crippen LogP contribution in [0.2, 0.25) is 0 Å². The number of hydrogen-bond acceptors (Lipinski definition) is 4. The maximum absolute atomic E-state index is 12.9. The minimum Gasteiger partial charge on any atom is -0.440 e. The average Bonchev–Trinajstić information content (AvgIpc) is 3.43. The molecule has 4 aliphatic carbocycles. The summed E-state index contributed by atoms with van der Waals surface area (Å²) in [7, 11) is 0. The van der Waals surface area contributed by atoms with E-state index in [0.717, 1.165) is 70.9 Å². The molecule has 7 atom stereocenters. The van der Waals surface area contributed by atoms with Crippen molar-refractivity contribution in [3.63, 3.8) is 0 Å². The van der Waals surface area contributed by atoms with Crippen LogP contribution >= 0.6 is 0 Å². The molecule has 6 rings (SSSR count). The number of aliphatic hydroxyl groups excluding tert-OH is 1. The third-order valence-corrected chi connectivity index (χ3v) is 10.3. The van der Waals surface area contributed by atoms with Crippen LogP contribution in [0.5, 0.6) is 0 Å². The Hall–Kier alpha value is -1.33. The third-order valence-electron chi connectivity index (χ3n) is 10.3. The van der Waals surface area contributed by atoms with E-state index in [1.54, 1.807) is 5.57 Å². The standard InChI is InChI=1S/C26H37NO4/c1-24-10-7-18(28)14-17(24)5-6-20-21(24)8-11-25(2)22(20)9-12-26(25)16-27(23(29)31-26)15-19-4-3-13-30-19/h5-6,18-19,21-22,28H,3-4,7-16H2,1-2H3. The summed E-state index contributed by atoms with van der Waals surface area (Å²) in [5.74, 6) is 1.07. The number of nitrogens with zero attached hydrogens (tertiary/aromatic N) is 1. The van der Waals surface area contributed by atoms with Gasteiger partial charge in [0, 0.05) is 12.0 Å². The zero-order chi connectivity index (χ0) is 21.4. The van der Waals surface area contributed by atoms with Crippen LogP contribution in [0.15, 0.2) is 23.3 Å². The van der Waals surface area contributed by atoms with E-state index in [9.17, 15) is 9.90 Å². The molecule has 0 aromatic heterocycles. The molecule has 0 aromatic rings. The van der Waals surface area contributed by atoms with Crippen LogP contribution in [-0.4, -0.2) is 53.6 Å². The van der Waals surface area contributed by atoms with Gasteiger partial charge in [-0.2, -0.15) is 0 Å². The van der Waals surface area contributed by atoms with Crippen molar-refractivity contribution in [3.8, 4) is 0 Å². The van der Waals surface area contributed by atoms with Gasteiger partial charge in [-0.15, -0.1) is 0 Å². The second-order valence-electron chi connectivity index (χ2n) is 11.7. The van der Waals surface area contributed by atoms with Gasteiger partial charge in [0.25, 0.3) is 0 Å². The summed E-state index contributed by atoms with van der Waals surface area (Å²) < 4.78 is 12.1. The zero-order valence-electron chi connectivity index (χ0n) is 19.1. The van der Waals surface area contributed by atoms with Crippen molar-refractivity contribution in [1.82, 2.24) is 4.90 Å². The summed E-state index contributed by atoms with van der Waals surface area (Å²) in [6.07, 6.45) is 13.9. The van der Waals surface area contributed by atoms with Gasteiger partial charge in [-0.3, -0.25) is 0 Å². The molecular weight excluding hydrogens is 390 g/mol. The van der Waals surface area contributed by atoms with Crippen LogP contribution < -0.4 is 0 Å². The van der Waals surface area contributed by atoms with E-state index in [0.29, 0.717) is 18.4 Å². The van der Waals surface area contributed by atoms with Crippen LogP contribution in [0.4, 0.5) is 4.79 Å². The summed E-state index contributed by atoms with van der Waals surface area (Å²) in [6, 6.07) is 0. The second kappa shape index (κ2) is 6.84. The van der Waals surface area contributed by atoms with Gasteiger partial charge >= 0.3 is 6.09 Å². The Kier molecular flexibility index (Phi) is 4.47. The maximum atomic E-state index is 12.9. The lowest BCUT2D eigenvalue weighted by Crippen LogP contribution is -2.53. The fourth-order valence-electron chi connectivity index (χ4n) is 8.31. The molecule has 2 heterocycles. The number of hydrogen-bond donors (Lipinski definition) is 1. The largest absolute Gasteiger partial charge is 0.440 e. The van der Waals surface area contributed by atoms with Crippen LogP contribution in [-0.2, 0) is 9.47 Å². The van der Waals surface area contributed by atoms with Gasteiger partial charge in [-0.05, 0) is 75.0 Å². The quantitative estimate of drug-likeness (QED) is 0.700. The van der Waals surface area contributed by atoms with Crippen molar-refractivity contribution < 1.29 is 19.4 Å².